The predicted octanol–water partition coefficient (Wildman–Crippen LogP) is 3.17. The van der Waals surface area contributed by atoms with Crippen LogP contribution in [0.2, 0.25) is 0 Å². The Morgan fingerprint density at radius 2 is 1.78 bits per heavy atom. The molecule has 2 N–H and O–H groups in total. The fourth-order valence-electron chi connectivity index (χ4n) is 3.47. The van der Waals surface area contributed by atoms with Crippen LogP contribution in [0.15, 0.2) is 59.4 Å². The van der Waals surface area contributed by atoms with Gasteiger partial charge < -0.3 is 19.7 Å². The largest absolute Gasteiger partial charge is 0.507 e. The van der Waals surface area contributed by atoms with Crippen LogP contribution in [0.1, 0.15) is 33.6 Å². The van der Waals surface area contributed by atoms with Gasteiger partial charge in [-0.1, -0.05) is 24.3 Å². The summed E-state index contributed by atoms with van der Waals surface area (Å²) < 4.78 is 4.96. The van der Waals surface area contributed by atoms with Crippen LogP contribution in [-0.2, 0) is 0 Å². The molecule has 3 aromatic rings. The Bertz CT molecular complexity index is 973. The fraction of sp³-hybridized carbons (Fsp3) is 0.238. The van der Waals surface area contributed by atoms with Crippen LogP contribution in [0.3, 0.4) is 0 Å². The smallest absolute Gasteiger partial charge is 0.257 e. The van der Waals surface area contributed by atoms with Gasteiger partial charge in [0.05, 0.1) is 17.4 Å². The summed E-state index contributed by atoms with van der Waals surface area (Å²) in [5.74, 6) is -0.377. The van der Waals surface area contributed by atoms with Crippen molar-refractivity contribution in [2.24, 2.45) is 0 Å². The molecule has 2 amide bonds. The number of phenols is 1. The number of nitrogens with one attached hydrogen (secondary N) is 1. The normalized spacial score (nSPS) is 15.0. The van der Waals surface area contributed by atoms with Crippen LogP contribution in [0.4, 0.5) is 0 Å². The Balaban J connectivity index is 1.40. The zero-order valence-corrected chi connectivity index (χ0v) is 14.7. The third-order valence-corrected chi connectivity index (χ3v) is 4.99. The molecule has 4 rings (SSSR count). The van der Waals surface area contributed by atoms with E-state index < -0.39 is 0 Å². The summed E-state index contributed by atoms with van der Waals surface area (Å²) in [6.45, 7) is 1.14. The van der Waals surface area contributed by atoms with E-state index in [1.165, 1.54) is 12.5 Å². The number of rotatable bonds is 3. The number of amides is 2. The number of hydrogen-bond acceptors (Lipinski definition) is 4. The van der Waals surface area contributed by atoms with Crippen molar-refractivity contribution in [1.29, 1.82) is 0 Å². The van der Waals surface area contributed by atoms with Gasteiger partial charge in [-0.15, -0.1) is 0 Å². The van der Waals surface area contributed by atoms with E-state index in [1.807, 2.05) is 24.3 Å². The summed E-state index contributed by atoms with van der Waals surface area (Å²) in [5.41, 5.74) is 0.809. The van der Waals surface area contributed by atoms with Crippen molar-refractivity contribution >= 4 is 22.6 Å². The minimum Gasteiger partial charge on any atom is -0.507 e. The van der Waals surface area contributed by atoms with E-state index in [0.717, 1.165) is 10.8 Å². The van der Waals surface area contributed by atoms with Crippen molar-refractivity contribution in [2.75, 3.05) is 13.1 Å². The summed E-state index contributed by atoms with van der Waals surface area (Å²) in [4.78, 5) is 26.7. The molecule has 1 aromatic heterocycles. The SMILES string of the molecule is O=C(NC1CCN(C(=O)c2ccoc2)CC1)c1cc2ccccc2cc1O. The second-order valence-corrected chi connectivity index (χ2v) is 6.77. The molecule has 6 heteroatoms. The van der Waals surface area contributed by atoms with Crippen LogP contribution >= 0.6 is 0 Å². The van der Waals surface area contributed by atoms with Gasteiger partial charge in [0.15, 0.2) is 0 Å². The van der Waals surface area contributed by atoms with Gasteiger partial charge in [0.1, 0.15) is 12.0 Å². The lowest BCUT2D eigenvalue weighted by atomic mass is 10.0. The summed E-state index contributed by atoms with van der Waals surface area (Å²) >= 11 is 0. The van der Waals surface area contributed by atoms with E-state index in [1.54, 1.807) is 23.1 Å². The third-order valence-electron chi connectivity index (χ3n) is 4.99. The number of furan rings is 1. The van der Waals surface area contributed by atoms with E-state index in [0.29, 0.717) is 31.5 Å². The Morgan fingerprint density at radius 3 is 2.44 bits per heavy atom. The molecule has 1 fully saturated rings. The molecule has 2 heterocycles. The van der Waals surface area contributed by atoms with E-state index in [9.17, 15) is 14.7 Å². The Hall–Kier alpha value is -3.28. The molecule has 27 heavy (non-hydrogen) atoms. The van der Waals surface area contributed by atoms with Crippen molar-refractivity contribution in [3.63, 3.8) is 0 Å². The van der Waals surface area contributed by atoms with E-state index in [4.69, 9.17) is 4.42 Å². The van der Waals surface area contributed by atoms with Gasteiger partial charge in [0.2, 0.25) is 0 Å². The highest BCUT2D eigenvalue weighted by molar-refractivity contribution is 6.01. The van der Waals surface area contributed by atoms with Crippen LogP contribution in [0.5, 0.6) is 5.75 Å². The molecule has 0 unspecified atom stereocenters. The van der Waals surface area contributed by atoms with Crippen LogP contribution in [0, 0.1) is 0 Å². The van der Waals surface area contributed by atoms with Crippen molar-refractivity contribution in [1.82, 2.24) is 10.2 Å². The number of nitrogens with zero attached hydrogens (tertiary/aromatic N) is 1. The number of fused-ring (bicyclic) bond motifs is 1. The zero-order chi connectivity index (χ0) is 18.8. The van der Waals surface area contributed by atoms with Crippen molar-refractivity contribution in [3.8, 4) is 5.75 Å². The standard InChI is InChI=1S/C21H20N2O4/c24-19-12-15-4-2-1-3-14(15)11-18(19)20(25)22-17-5-8-23(9-6-17)21(26)16-7-10-27-13-16/h1-4,7,10-13,17,24H,5-6,8-9H2,(H,22,25). The summed E-state index contributed by atoms with van der Waals surface area (Å²) in [6, 6.07) is 12.5. The predicted molar refractivity (Wildman–Crippen MR) is 101 cm³/mol. The monoisotopic (exact) mass is 364 g/mol. The maximum atomic E-state index is 12.6. The Morgan fingerprint density at radius 1 is 1.07 bits per heavy atom. The maximum absolute atomic E-state index is 12.6. The first-order valence-corrected chi connectivity index (χ1v) is 8.96. The topological polar surface area (TPSA) is 82.8 Å². The first-order valence-electron chi connectivity index (χ1n) is 8.96. The number of piperidine rings is 1. The molecule has 0 atom stereocenters. The first kappa shape index (κ1) is 17.1. The molecule has 6 nitrogen and oxygen atoms in total. The van der Waals surface area contributed by atoms with Crippen molar-refractivity contribution in [2.45, 2.75) is 18.9 Å². The molecule has 0 radical (unpaired) electrons. The first-order chi connectivity index (χ1) is 13.1. The number of hydrogen-bond donors (Lipinski definition) is 2. The lowest BCUT2D eigenvalue weighted by Gasteiger charge is -2.32. The number of carbonyl (C=O) groups excluding carboxylic acids is 2. The summed E-state index contributed by atoms with van der Waals surface area (Å²) in [7, 11) is 0. The number of carbonyl (C=O) groups is 2. The zero-order valence-electron chi connectivity index (χ0n) is 14.7. The summed E-state index contributed by atoms with van der Waals surface area (Å²) in [6.07, 6.45) is 4.27. The molecular formula is C21H20N2O4. The quantitative estimate of drug-likeness (QED) is 0.748. The van der Waals surface area contributed by atoms with Gasteiger partial charge >= 0.3 is 0 Å². The average Bonchev–Trinajstić information content (AvgIpc) is 3.22. The lowest BCUT2D eigenvalue weighted by Crippen LogP contribution is -2.46. The number of phenolic OH excluding ortho intramolecular Hbond substituents is 1. The third kappa shape index (κ3) is 3.51. The van der Waals surface area contributed by atoms with E-state index in [-0.39, 0.29) is 29.2 Å². The van der Waals surface area contributed by atoms with E-state index >= 15 is 0 Å². The van der Waals surface area contributed by atoms with Crippen LogP contribution in [0.25, 0.3) is 10.8 Å². The van der Waals surface area contributed by atoms with Gasteiger partial charge in [-0.05, 0) is 41.8 Å². The molecule has 0 saturated carbocycles. The number of aromatic hydroxyl groups is 1. The number of benzene rings is 2. The van der Waals surface area contributed by atoms with Gasteiger partial charge in [0.25, 0.3) is 11.8 Å². The highest BCUT2D eigenvalue weighted by Gasteiger charge is 2.26. The van der Waals surface area contributed by atoms with Gasteiger partial charge in [0, 0.05) is 19.1 Å². The highest BCUT2D eigenvalue weighted by Crippen LogP contribution is 2.25. The van der Waals surface area contributed by atoms with E-state index in [2.05, 4.69) is 5.32 Å². The molecule has 0 spiro atoms. The fourth-order valence-corrected chi connectivity index (χ4v) is 3.47. The average molecular weight is 364 g/mol. The molecule has 0 aliphatic carbocycles. The van der Waals surface area contributed by atoms with Crippen LogP contribution < -0.4 is 5.32 Å². The molecule has 0 bridgehead atoms. The highest BCUT2D eigenvalue weighted by atomic mass is 16.3. The number of likely N-dealkylation sites (tertiary alicyclic amines) is 1. The Kier molecular flexibility index (Phi) is 4.54. The van der Waals surface area contributed by atoms with Crippen LogP contribution in [-0.4, -0.2) is 41.0 Å². The second-order valence-electron chi connectivity index (χ2n) is 6.77. The lowest BCUT2D eigenvalue weighted by molar-refractivity contribution is 0.0697. The minimum atomic E-state index is -0.294. The maximum Gasteiger partial charge on any atom is 0.257 e. The molecule has 2 aromatic carbocycles. The molecule has 1 aliphatic rings. The Labute approximate surface area is 156 Å². The van der Waals surface area contributed by atoms with Gasteiger partial charge in [-0.3, -0.25) is 9.59 Å². The van der Waals surface area contributed by atoms with Gasteiger partial charge in [-0.2, -0.15) is 0 Å². The summed E-state index contributed by atoms with van der Waals surface area (Å²) in [5, 5.41) is 15.0. The van der Waals surface area contributed by atoms with Gasteiger partial charge in [-0.25, -0.2) is 0 Å². The second kappa shape index (κ2) is 7.15. The van der Waals surface area contributed by atoms with Crippen molar-refractivity contribution < 1.29 is 19.1 Å². The van der Waals surface area contributed by atoms with Crippen molar-refractivity contribution in [3.05, 3.63) is 66.1 Å². The molecule has 1 aliphatic heterocycles. The molecule has 138 valence electrons. The molecule has 1 saturated heterocycles. The molecular weight excluding hydrogens is 344 g/mol. The minimum absolute atomic E-state index is 0.0289.